The van der Waals surface area contributed by atoms with Gasteiger partial charge >= 0.3 is 6.03 Å². The van der Waals surface area contributed by atoms with Crippen molar-refractivity contribution in [1.82, 2.24) is 10.3 Å². The van der Waals surface area contributed by atoms with Crippen molar-refractivity contribution >= 4 is 17.4 Å². The summed E-state index contributed by atoms with van der Waals surface area (Å²) in [7, 11) is 1.66. The Morgan fingerprint density at radius 1 is 1.33 bits per heavy atom. The minimum absolute atomic E-state index is 0.154. The van der Waals surface area contributed by atoms with E-state index < -0.39 is 0 Å². The van der Waals surface area contributed by atoms with Crippen molar-refractivity contribution in [3.63, 3.8) is 0 Å². The van der Waals surface area contributed by atoms with Gasteiger partial charge in [0, 0.05) is 24.8 Å². The van der Waals surface area contributed by atoms with Crippen LogP contribution in [0.1, 0.15) is 17.5 Å². The number of amides is 2. The average molecular weight is 244 g/mol. The fraction of sp³-hybridized carbons (Fsp3) is 0.385. The Hall–Kier alpha value is -2.04. The van der Waals surface area contributed by atoms with Crippen molar-refractivity contribution in [2.45, 2.75) is 12.8 Å². The van der Waals surface area contributed by atoms with Crippen LogP contribution >= 0.6 is 0 Å². The molecule has 2 aliphatic heterocycles. The van der Waals surface area contributed by atoms with Crippen LogP contribution in [0.15, 0.2) is 23.3 Å². The first-order valence-electron chi connectivity index (χ1n) is 6.20. The predicted octanol–water partition coefficient (Wildman–Crippen LogP) is 1.40. The number of nitrogens with one attached hydrogen (secondary N) is 2. The molecule has 0 atom stereocenters. The topological polar surface area (TPSA) is 56.7 Å². The number of fused-ring (bicyclic) bond motifs is 1. The Morgan fingerprint density at radius 2 is 2.22 bits per heavy atom. The summed E-state index contributed by atoms with van der Waals surface area (Å²) in [6, 6.07) is 6.17. The van der Waals surface area contributed by atoms with Crippen LogP contribution < -0.4 is 10.6 Å². The van der Waals surface area contributed by atoms with Gasteiger partial charge < -0.3 is 10.6 Å². The van der Waals surface area contributed by atoms with Gasteiger partial charge in [-0.25, -0.2) is 9.80 Å². The number of aryl methyl sites for hydroxylation is 1. The zero-order valence-electron chi connectivity index (χ0n) is 10.4. The van der Waals surface area contributed by atoms with Gasteiger partial charge in [-0.2, -0.15) is 5.10 Å². The van der Waals surface area contributed by atoms with Crippen LogP contribution in [-0.2, 0) is 6.42 Å². The molecule has 2 aliphatic rings. The molecule has 0 fully saturated rings. The minimum atomic E-state index is -0.154. The van der Waals surface area contributed by atoms with E-state index >= 15 is 0 Å². The standard InChI is InChI=1S/C13H16N4O/c1-17-13(18)15-8-12(16-17)10-4-5-11-9(7-10)3-2-6-14-11/h4-5,7,14H,2-3,6,8H2,1H3,(H,15,18). The Morgan fingerprint density at radius 3 is 3.06 bits per heavy atom. The second kappa shape index (κ2) is 4.33. The molecule has 18 heavy (non-hydrogen) atoms. The van der Waals surface area contributed by atoms with Gasteiger partial charge in [-0.3, -0.25) is 0 Å². The summed E-state index contributed by atoms with van der Waals surface area (Å²) in [6.45, 7) is 1.54. The zero-order valence-corrected chi connectivity index (χ0v) is 10.4. The van der Waals surface area contributed by atoms with E-state index in [1.807, 2.05) is 0 Å². The molecule has 0 unspecified atom stereocenters. The van der Waals surface area contributed by atoms with Crippen LogP contribution in [0.2, 0.25) is 0 Å². The molecule has 94 valence electrons. The summed E-state index contributed by atoms with van der Waals surface area (Å²) in [6.07, 6.45) is 2.27. The Kier molecular flexibility index (Phi) is 2.66. The fourth-order valence-electron chi connectivity index (χ4n) is 2.35. The van der Waals surface area contributed by atoms with E-state index in [1.54, 1.807) is 7.05 Å². The van der Waals surface area contributed by atoms with E-state index in [4.69, 9.17) is 0 Å². The van der Waals surface area contributed by atoms with Crippen LogP contribution in [0, 0.1) is 0 Å². The molecule has 0 saturated carbocycles. The van der Waals surface area contributed by atoms with Gasteiger partial charge in [0.2, 0.25) is 0 Å². The van der Waals surface area contributed by atoms with E-state index in [2.05, 4.69) is 33.9 Å². The monoisotopic (exact) mass is 244 g/mol. The largest absolute Gasteiger partial charge is 0.385 e. The highest BCUT2D eigenvalue weighted by Crippen LogP contribution is 2.23. The third-order valence-electron chi connectivity index (χ3n) is 3.35. The first kappa shape index (κ1) is 11.1. The third-order valence-corrected chi connectivity index (χ3v) is 3.35. The van der Waals surface area contributed by atoms with Crippen LogP contribution in [0.3, 0.4) is 0 Å². The van der Waals surface area contributed by atoms with Gasteiger partial charge in [-0.15, -0.1) is 0 Å². The summed E-state index contributed by atoms with van der Waals surface area (Å²) in [5, 5.41) is 11.8. The number of urea groups is 1. The van der Waals surface area contributed by atoms with Crippen molar-refractivity contribution < 1.29 is 4.79 Å². The third kappa shape index (κ3) is 1.92. The first-order chi connectivity index (χ1) is 8.74. The maximum atomic E-state index is 11.3. The van der Waals surface area contributed by atoms with Crippen molar-refractivity contribution in [3.05, 3.63) is 29.3 Å². The molecule has 0 saturated heterocycles. The number of nitrogens with zero attached hydrogens (tertiary/aromatic N) is 2. The second-order valence-corrected chi connectivity index (χ2v) is 4.63. The van der Waals surface area contributed by atoms with Crippen molar-refractivity contribution in [1.29, 1.82) is 0 Å². The first-order valence-corrected chi connectivity index (χ1v) is 6.20. The fourth-order valence-corrected chi connectivity index (χ4v) is 2.35. The minimum Gasteiger partial charge on any atom is -0.385 e. The summed E-state index contributed by atoms with van der Waals surface area (Å²) in [5.74, 6) is 0. The van der Waals surface area contributed by atoms with Crippen LogP contribution in [0.4, 0.5) is 10.5 Å². The number of rotatable bonds is 1. The van der Waals surface area contributed by atoms with Crippen molar-refractivity contribution in [2.24, 2.45) is 5.10 Å². The number of carbonyl (C=O) groups excluding carboxylic acids is 1. The van der Waals surface area contributed by atoms with Crippen LogP contribution in [-0.4, -0.2) is 36.9 Å². The highest BCUT2D eigenvalue weighted by molar-refractivity contribution is 6.05. The number of hydrogen-bond acceptors (Lipinski definition) is 3. The number of hydrogen-bond donors (Lipinski definition) is 2. The maximum Gasteiger partial charge on any atom is 0.337 e. The molecule has 2 heterocycles. The molecule has 1 aromatic carbocycles. The molecule has 5 heteroatoms. The van der Waals surface area contributed by atoms with Gasteiger partial charge in [0.15, 0.2) is 0 Å². The molecular weight excluding hydrogens is 228 g/mol. The van der Waals surface area contributed by atoms with E-state index in [9.17, 15) is 4.79 Å². The van der Waals surface area contributed by atoms with Gasteiger partial charge in [0.1, 0.15) is 0 Å². The van der Waals surface area contributed by atoms with Gasteiger partial charge in [-0.05, 0) is 30.5 Å². The number of hydrazone groups is 1. The molecular formula is C13H16N4O. The lowest BCUT2D eigenvalue weighted by atomic mass is 9.99. The Balaban J connectivity index is 1.93. The molecule has 0 aromatic heterocycles. The van der Waals surface area contributed by atoms with E-state index in [-0.39, 0.29) is 6.03 Å². The highest BCUT2D eigenvalue weighted by Gasteiger charge is 2.18. The second-order valence-electron chi connectivity index (χ2n) is 4.63. The SMILES string of the molecule is CN1N=C(c2ccc3c(c2)CCCN3)CNC1=O. The van der Waals surface area contributed by atoms with Crippen LogP contribution in [0.25, 0.3) is 0 Å². The quantitative estimate of drug-likeness (QED) is 0.784. The lowest BCUT2D eigenvalue weighted by molar-refractivity contribution is 0.209. The lowest BCUT2D eigenvalue weighted by Crippen LogP contribution is -2.43. The summed E-state index contributed by atoms with van der Waals surface area (Å²) >= 11 is 0. The smallest absolute Gasteiger partial charge is 0.337 e. The Labute approximate surface area is 106 Å². The van der Waals surface area contributed by atoms with E-state index in [1.165, 1.54) is 22.7 Å². The van der Waals surface area contributed by atoms with Crippen molar-refractivity contribution in [3.8, 4) is 0 Å². The number of carbonyl (C=O) groups is 1. The molecule has 5 nitrogen and oxygen atoms in total. The number of anilines is 1. The molecule has 0 radical (unpaired) electrons. The lowest BCUT2D eigenvalue weighted by Gasteiger charge is -2.23. The molecule has 0 aliphatic carbocycles. The summed E-state index contributed by atoms with van der Waals surface area (Å²) in [5.41, 5.74) is 4.55. The summed E-state index contributed by atoms with van der Waals surface area (Å²) in [4.78, 5) is 11.3. The van der Waals surface area contributed by atoms with Gasteiger partial charge in [-0.1, -0.05) is 6.07 Å². The molecule has 2 N–H and O–H groups in total. The van der Waals surface area contributed by atoms with E-state index in [0.29, 0.717) is 6.54 Å². The van der Waals surface area contributed by atoms with E-state index in [0.717, 1.165) is 24.2 Å². The Bertz CT molecular complexity index is 524. The predicted molar refractivity (Wildman–Crippen MR) is 71.0 cm³/mol. The molecule has 0 bridgehead atoms. The number of benzene rings is 1. The molecule has 0 spiro atoms. The van der Waals surface area contributed by atoms with Crippen LogP contribution in [0.5, 0.6) is 0 Å². The average Bonchev–Trinajstić information content (AvgIpc) is 2.41. The molecule has 2 amide bonds. The summed E-state index contributed by atoms with van der Waals surface area (Å²) < 4.78 is 0. The molecule has 1 aromatic rings. The van der Waals surface area contributed by atoms with Gasteiger partial charge in [0.05, 0.1) is 12.3 Å². The highest BCUT2D eigenvalue weighted by atomic mass is 16.2. The maximum absolute atomic E-state index is 11.3. The zero-order chi connectivity index (χ0) is 12.5. The molecule has 3 rings (SSSR count). The van der Waals surface area contributed by atoms with Gasteiger partial charge in [0.25, 0.3) is 0 Å². The van der Waals surface area contributed by atoms with Crippen molar-refractivity contribution in [2.75, 3.05) is 25.5 Å². The normalized spacial score (nSPS) is 18.6.